The first-order chi connectivity index (χ1) is 13.5. The van der Waals surface area contributed by atoms with Gasteiger partial charge in [-0.15, -0.1) is 0 Å². The molecule has 5 nitrogen and oxygen atoms in total. The molecule has 0 aliphatic carbocycles. The number of carbonyl (C=O) groups excluding carboxylic acids is 1. The van der Waals surface area contributed by atoms with E-state index in [0.717, 1.165) is 58.6 Å². The van der Waals surface area contributed by atoms with Crippen LogP contribution in [-0.4, -0.2) is 36.6 Å². The predicted molar refractivity (Wildman–Crippen MR) is 110 cm³/mol. The van der Waals surface area contributed by atoms with Gasteiger partial charge < -0.3 is 19.4 Å². The maximum Gasteiger partial charge on any atom is 0.254 e. The average molecular weight is 378 g/mol. The number of methoxy groups -OCH3 is 2. The van der Waals surface area contributed by atoms with Gasteiger partial charge in [-0.3, -0.25) is 4.79 Å². The molecule has 0 bridgehead atoms. The highest BCUT2D eigenvalue weighted by molar-refractivity contribution is 5.99. The molecule has 1 amide bonds. The molecule has 2 aromatic carbocycles. The van der Waals surface area contributed by atoms with E-state index in [1.807, 2.05) is 41.3 Å². The Balaban J connectivity index is 1.70. The molecule has 0 radical (unpaired) electrons. The van der Waals surface area contributed by atoms with Gasteiger partial charge >= 0.3 is 0 Å². The fourth-order valence-corrected chi connectivity index (χ4v) is 4.19. The van der Waals surface area contributed by atoms with Crippen molar-refractivity contribution >= 4 is 16.8 Å². The molecule has 1 fully saturated rings. The number of aromatic amines is 1. The van der Waals surface area contributed by atoms with Crippen LogP contribution in [0.2, 0.25) is 0 Å². The quantitative estimate of drug-likeness (QED) is 0.711. The Kier molecular flexibility index (Phi) is 4.75. The minimum atomic E-state index is -0.0118. The van der Waals surface area contributed by atoms with Gasteiger partial charge in [-0.2, -0.15) is 0 Å². The summed E-state index contributed by atoms with van der Waals surface area (Å²) in [5.41, 5.74) is 5.13. The standard InChI is InChI=1S/C23H26N2O3/c1-14-15(2)24-20-9-7-16(12-18(14)20)23(26)25-11-5-6-21(25)19-13-17(27-3)8-10-22(19)28-4/h7-10,12-13,21,24H,5-6,11H2,1-4H3/t21-/m1/s1. The van der Waals surface area contributed by atoms with Crippen LogP contribution in [0.15, 0.2) is 36.4 Å². The molecule has 1 saturated heterocycles. The SMILES string of the molecule is COc1ccc(OC)c([C@H]2CCCN2C(=O)c2ccc3[nH]c(C)c(C)c3c2)c1. The van der Waals surface area contributed by atoms with Crippen molar-refractivity contribution < 1.29 is 14.3 Å². The van der Waals surface area contributed by atoms with E-state index >= 15 is 0 Å². The predicted octanol–water partition coefficient (Wildman–Crippen LogP) is 4.78. The summed E-state index contributed by atoms with van der Waals surface area (Å²) >= 11 is 0. The van der Waals surface area contributed by atoms with Gasteiger partial charge in [0.1, 0.15) is 11.5 Å². The number of nitrogens with zero attached hydrogens (tertiary/aromatic N) is 1. The molecule has 3 aromatic rings. The van der Waals surface area contributed by atoms with Crippen LogP contribution in [0.1, 0.15) is 46.1 Å². The number of nitrogens with one attached hydrogen (secondary N) is 1. The van der Waals surface area contributed by atoms with Crippen LogP contribution >= 0.6 is 0 Å². The largest absolute Gasteiger partial charge is 0.497 e. The summed E-state index contributed by atoms with van der Waals surface area (Å²) in [6.07, 6.45) is 1.89. The van der Waals surface area contributed by atoms with Gasteiger partial charge in [0.2, 0.25) is 0 Å². The van der Waals surface area contributed by atoms with E-state index in [-0.39, 0.29) is 11.9 Å². The molecule has 0 spiro atoms. The van der Waals surface area contributed by atoms with Gasteiger partial charge in [0.15, 0.2) is 0 Å². The molecule has 1 aliphatic rings. The number of benzene rings is 2. The van der Waals surface area contributed by atoms with Gasteiger partial charge in [0.25, 0.3) is 5.91 Å². The van der Waals surface area contributed by atoms with Crippen molar-refractivity contribution in [1.29, 1.82) is 0 Å². The van der Waals surface area contributed by atoms with Gasteiger partial charge in [-0.25, -0.2) is 0 Å². The first kappa shape index (κ1) is 18.4. The zero-order chi connectivity index (χ0) is 19.8. The number of amides is 1. The lowest BCUT2D eigenvalue weighted by Crippen LogP contribution is -2.30. The van der Waals surface area contributed by atoms with E-state index in [0.29, 0.717) is 0 Å². The van der Waals surface area contributed by atoms with Crippen molar-refractivity contribution in [3.63, 3.8) is 0 Å². The minimum Gasteiger partial charge on any atom is -0.497 e. The number of rotatable bonds is 4. The first-order valence-electron chi connectivity index (χ1n) is 9.65. The van der Waals surface area contributed by atoms with Gasteiger partial charge in [0.05, 0.1) is 20.3 Å². The van der Waals surface area contributed by atoms with Crippen molar-refractivity contribution in [2.75, 3.05) is 20.8 Å². The Morgan fingerprint density at radius 2 is 1.93 bits per heavy atom. The third-order valence-corrected chi connectivity index (χ3v) is 5.86. The molecule has 1 aliphatic heterocycles. The van der Waals surface area contributed by atoms with Crippen LogP contribution in [-0.2, 0) is 0 Å². The third kappa shape index (κ3) is 3.01. The third-order valence-electron chi connectivity index (χ3n) is 5.86. The van der Waals surface area contributed by atoms with Crippen LogP contribution in [0.4, 0.5) is 0 Å². The molecule has 0 unspecified atom stereocenters. The van der Waals surface area contributed by atoms with Gasteiger partial charge in [0, 0.05) is 34.3 Å². The van der Waals surface area contributed by atoms with Crippen molar-refractivity contribution in [3.05, 3.63) is 58.8 Å². The van der Waals surface area contributed by atoms with Crippen molar-refractivity contribution in [2.45, 2.75) is 32.7 Å². The highest BCUT2D eigenvalue weighted by atomic mass is 16.5. The molecule has 1 aromatic heterocycles. The molecule has 4 rings (SSSR count). The van der Waals surface area contributed by atoms with Crippen molar-refractivity contribution in [3.8, 4) is 11.5 Å². The van der Waals surface area contributed by atoms with Crippen LogP contribution in [0.3, 0.4) is 0 Å². The number of hydrogen-bond donors (Lipinski definition) is 1. The molecule has 0 saturated carbocycles. The van der Waals surface area contributed by atoms with Crippen LogP contribution in [0, 0.1) is 13.8 Å². The minimum absolute atomic E-state index is 0.0118. The lowest BCUT2D eigenvalue weighted by molar-refractivity contribution is 0.0734. The summed E-state index contributed by atoms with van der Waals surface area (Å²) in [5, 5.41) is 1.11. The Morgan fingerprint density at radius 1 is 1.11 bits per heavy atom. The normalized spacial score (nSPS) is 16.6. The number of aromatic nitrogens is 1. The molecule has 1 atom stereocenters. The summed E-state index contributed by atoms with van der Waals surface area (Å²) in [5.74, 6) is 1.63. The van der Waals surface area contributed by atoms with E-state index < -0.39 is 0 Å². The number of fused-ring (bicyclic) bond motifs is 1. The van der Waals surface area contributed by atoms with Crippen molar-refractivity contribution in [2.24, 2.45) is 0 Å². The Hall–Kier alpha value is -2.95. The number of likely N-dealkylation sites (tertiary alicyclic amines) is 1. The lowest BCUT2D eigenvalue weighted by atomic mass is 10.0. The summed E-state index contributed by atoms with van der Waals surface area (Å²) < 4.78 is 11.0. The number of aryl methyl sites for hydroxylation is 2. The zero-order valence-electron chi connectivity index (χ0n) is 16.8. The van der Waals surface area contributed by atoms with Crippen molar-refractivity contribution in [1.82, 2.24) is 9.88 Å². The molecular weight excluding hydrogens is 352 g/mol. The molecule has 2 heterocycles. The van der Waals surface area contributed by atoms with Crippen LogP contribution < -0.4 is 9.47 Å². The second-order valence-corrected chi connectivity index (χ2v) is 7.40. The summed E-state index contributed by atoms with van der Waals surface area (Å²) in [6.45, 7) is 4.89. The number of carbonyl (C=O) groups is 1. The fourth-order valence-electron chi connectivity index (χ4n) is 4.19. The second kappa shape index (κ2) is 7.23. The van der Waals surface area contributed by atoms with E-state index in [1.165, 1.54) is 5.56 Å². The number of H-pyrrole nitrogens is 1. The lowest BCUT2D eigenvalue weighted by Gasteiger charge is -2.27. The fraction of sp³-hybridized carbons (Fsp3) is 0.348. The van der Waals surface area contributed by atoms with E-state index in [9.17, 15) is 4.79 Å². The summed E-state index contributed by atoms with van der Waals surface area (Å²) in [4.78, 5) is 18.7. The Labute approximate surface area is 165 Å². The molecular formula is C23H26N2O3. The Bertz CT molecular complexity index is 1040. The molecule has 28 heavy (non-hydrogen) atoms. The van der Waals surface area contributed by atoms with Gasteiger partial charge in [-0.05, 0) is 68.7 Å². The molecule has 5 heteroatoms. The highest BCUT2D eigenvalue weighted by Crippen LogP contribution is 2.39. The van der Waals surface area contributed by atoms with Crippen LogP contribution in [0.25, 0.3) is 10.9 Å². The maximum atomic E-state index is 13.4. The monoisotopic (exact) mass is 378 g/mol. The Morgan fingerprint density at radius 3 is 2.68 bits per heavy atom. The first-order valence-corrected chi connectivity index (χ1v) is 9.65. The summed E-state index contributed by atoms with van der Waals surface area (Å²) in [6, 6.07) is 11.7. The summed E-state index contributed by atoms with van der Waals surface area (Å²) in [7, 11) is 3.32. The second-order valence-electron chi connectivity index (χ2n) is 7.40. The highest BCUT2D eigenvalue weighted by Gasteiger charge is 2.33. The zero-order valence-corrected chi connectivity index (χ0v) is 16.8. The number of ether oxygens (including phenoxy) is 2. The van der Waals surface area contributed by atoms with E-state index in [4.69, 9.17) is 9.47 Å². The molecule has 146 valence electrons. The van der Waals surface area contributed by atoms with Gasteiger partial charge in [-0.1, -0.05) is 0 Å². The average Bonchev–Trinajstić information content (AvgIpc) is 3.32. The van der Waals surface area contributed by atoms with Crippen LogP contribution in [0.5, 0.6) is 11.5 Å². The number of hydrogen-bond acceptors (Lipinski definition) is 3. The molecule has 1 N–H and O–H groups in total. The maximum absolute atomic E-state index is 13.4. The van der Waals surface area contributed by atoms with E-state index in [1.54, 1.807) is 14.2 Å². The topological polar surface area (TPSA) is 54.6 Å². The smallest absolute Gasteiger partial charge is 0.254 e. The van der Waals surface area contributed by atoms with E-state index in [2.05, 4.69) is 18.8 Å².